The number of carbonyl (C=O) groups excluding carboxylic acids is 1. The number of amides is 1. The summed E-state index contributed by atoms with van der Waals surface area (Å²) in [7, 11) is 1.50. The van der Waals surface area contributed by atoms with Gasteiger partial charge in [0.15, 0.2) is 0 Å². The number of rotatable bonds is 4. The molecule has 1 unspecified atom stereocenters. The van der Waals surface area contributed by atoms with E-state index in [1.54, 1.807) is 18.3 Å². The van der Waals surface area contributed by atoms with Gasteiger partial charge in [0.25, 0.3) is 0 Å². The van der Waals surface area contributed by atoms with Gasteiger partial charge in [-0.1, -0.05) is 13.8 Å². The van der Waals surface area contributed by atoms with Crippen molar-refractivity contribution < 1.29 is 9.53 Å². The number of nitrogens with one attached hydrogen (secondary N) is 1. The van der Waals surface area contributed by atoms with Gasteiger partial charge < -0.3 is 15.8 Å². The first-order valence-corrected chi connectivity index (χ1v) is 5.11. The fourth-order valence-electron chi connectivity index (χ4n) is 1.17. The van der Waals surface area contributed by atoms with Crippen LogP contribution in [-0.2, 0) is 4.79 Å². The summed E-state index contributed by atoms with van der Waals surface area (Å²) in [5.74, 6) is 0.232. The van der Waals surface area contributed by atoms with E-state index in [0.29, 0.717) is 11.6 Å². The highest BCUT2D eigenvalue weighted by Crippen LogP contribution is 2.20. The Bertz CT molecular complexity index is 366. The second kappa shape index (κ2) is 5.46. The molecule has 0 fully saturated rings. The van der Waals surface area contributed by atoms with Crippen molar-refractivity contribution in [3.8, 4) is 5.88 Å². The van der Waals surface area contributed by atoms with Crippen LogP contribution in [0.4, 0.5) is 5.69 Å². The maximum atomic E-state index is 11.7. The number of nitrogens with zero attached hydrogens (tertiary/aromatic N) is 1. The monoisotopic (exact) mass is 223 g/mol. The summed E-state index contributed by atoms with van der Waals surface area (Å²) in [4.78, 5) is 15.7. The maximum Gasteiger partial charge on any atom is 0.241 e. The molecule has 5 nitrogen and oxygen atoms in total. The highest BCUT2D eigenvalue weighted by atomic mass is 16.5. The van der Waals surface area contributed by atoms with E-state index in [-0.39, 0.29) is 11.8 Å². The van der Waals surface area contributed by atoms with Crippen molar-refractivity contribution in [2.75, 3.05) is 12.4 Å². The smallest absolute Gasteiger partial charge is 0.241 e. The molecule has 1 atom stereocenters. The molecule has 1 rings (SSSR count). The molecular formula is C11H17N3O2. The number of hydrogen-bond acceptors (Lipinski definition) is 4. The van der Waals surface area contributed by atoms with Crippen LogP contribution in [0, 0.1) is 5.92 Å². The van der Waals surface area contributed by atoms with Gasteiger partial charge in [-0.25, -0.2) is 4.98 Å². The van der Waals surface area contributed by atoms with E-state index in [9.17, 15) is 4.79 Å². The van der Waals surface area contributed by atoms with E-state index in [1.165, 1.54) is 7.11 Å². The summed E-state index contributed by atoms with van der Waals surface area (Å²) in [6.45, 7) is 3.79. The summed E-state index contributed by atoms with van der Waals surface area (Å²) < 4.78 is 5.02. The fraction of sp³-hybridized carbons (Fsp3) is 0.455. The van der Waals surface area contributed by atoms with Crippen LogP contribution >= 0.6 is 0 Å². The SMILES string of the molecule is COc1ncccc1NC(=O)C(N)C(C)C. The first kappa shape index (κ1) is 12.4. The highest BCUT2D eigenvalue weighted by Gasteiger charge is 2.18. The molecular weight excluding hydrogens is 206 g/mol. The molecule has 1 aromatic rings. The molecule has 0 aliphatic heterocycles. The minimum absolute atomic E-state index is 0.0858. The second-order valence-corrected chi connectivity index (χ2v) is 3.82. The van der Waals surface area contributed by atoms with Crippen LogP contribution < -0.4 is 15.8 Å². The molecule has 1 amide bonds. The first-order valence-electron chi connectivity index (χ1n) is 5.11. The maximum absolute atomic E-state index is 11.7. The topological polar surface area (TPSA) is 77.2 Å². The van der Waals surface area contributed by atoms with Crippen LogP contribution in [0.5, 0.6) is 5.88 Å². The first-order chi connectivity index (χ1) is 7.56. The molecule has 0 saturated heterocycles. The normalized spacial score (nSPS) is 12.3. The average molecular weight is 223 g/mol. The number of carbonyl (C=O) groups is 1. The van der Waals surface area contributed by atoms with E-state index in [2.05, 4.69) is 10.3 Å². The van der Waals surface area contributed by atoms with Gasteiger partial charge in [0.05, 0.1) is 13.2 Å². The van der Waals surface area contributed by atoms with Gasteiger partial charge >= 0.3 is 0 Å². The third-order valence-corrected chi connectivity index (χ3v) is 2.24. The number of aromatic nitrogens is 1. The molecule has 0 aliphatic rings. The number of anilines is 1. The van der Waals surface area contributed by atoms with Crippen molar-refractivity contribution in [1.29, 1.82) is 0 Å². The van der Waals surface area contributed by atoms with Crippen LogP contribution in [0.3, 0.4) is 0 Å². The van der Waals surface area contributed by atoms with Gasteiger partial charge in [0, 0.05) is 6.20 Å². The minimum Gasteiger partial charge on any atom is -0.480 e. The van der Waals surface area contributed by atoms with Gasteiger partial charge in [0.2, 0.25) is 11.8 Å². The zero-order chi connectivity index (χ0) is 12.1. The van der Waals surface area contributed by atoms with E-state index >= 15 is 0 Å². The lowest BCUT2D eigenvalue weighted by Gasteiger charge is -2.16. The summed E-state index contributed by atoms with van der Waals surface area (Å²) in [6.07, 6.45) is 1.59. The number of ether oxygens (including phenoxy) is 1. The van der Waals surface area contributed by atoms with Crippen molar-refractivity contribution in [2.24, 2.45) is 11.7 Å². The molecule has 0 bridgehead atoms. The van der Waals surface area contributed by atoms with Crippen molar-refractivity contribution in [3.63, 3.8) is 0 Å². The van der Waals surface area contributed by atoms with Crippen LogP contribution in [0.15, 0.2) is 18.3 Å². The zero-order valence-electron chi connectivity index (χ0n) is 9.73. The van der Waals surface area contributed by atoms with E-state index in [1.807, 2.05) is 13.8 Å². The van der Waals surface area contributed by atoms with Crippen LogP contribution in [-0.4, -0.2) is 24.0 Å². The van der Waals surface area contributed by atoms with Gasteiger partial charge in [-0.3, -0.25) is 4.79 Å². The molecule has 1 aromatic heterocycles. The van der Waals surface area contributed by atoms with E-state index in [0.717, 1.165) is 0 Å². The predicted molar refractivity (Wildman–Crippen MR) is 62.2 cm³/mol. The summed E-state index contributed by atoms with van der Waals surface area (Å²) in [5.41, 5.74) is 6.26. The lowest BCUT2D eigenvalue weighted by molar-refractivity contribution is -0.118. The van der Waals surface area contributed by atoms with E-state index < -0.39 is 6.04 Å². The largest absolute Gasteiger partial charge is 0.480 e. The van der Waals surface area contributed by atoms with E-state index in [4.69, 9.17) is 10.5 Å². The number of hydrogen-bond donors (Lipinski definition) is 2. The predicted octanol–water partition coefficient (Wildman–Crippen LogP) is 1.01. The van der Waals surface area contributed by atoms with Crippen LogP contribution in [0.25, 0.3) is 0 Å². The lowest BCUT2D eigenvalue weighted by Crippen LogP contribution is -2.39. The second-order valence-electron chi connectivity index (χ2n) is 3.82. The molecule has 0 aromatic carbocycles. The Balaban J connectivity index is 2.76. The Morgan fingerprint density at radius 1 is 1.56 bits per heavy atom. The molecule has 0 radical (unpaired) electrons. The van der Waals surface area contributed by atoms with Gasteiger partial charge in [-0.15, -0.1) is 0 Å². The quantitative estimate of drug-likeness (QED) is 0.798. The van der Waals surface area contributed by atoms with Gasteiger partial charge in [-0.05, 0) is 18.1 Å². The third-order valence-electron chi connectivity index (χ3n) is 2.24. The molecule has 0 spiro atoms. The zero-order valence-corrected chi connectivity index (χ0v) is 9.73. The number of methoxy groups -OCH3 is 1. The molecule has 88 valence electrons. The Morgan fingerprint density at radius 2 is 2.25 bits per heavy atom. The molecule has 3 N–H and O–H groups in total. The summed E-state index contributed by atoms with van der Waals surface area (Å²) in [6, 6.07) is 2.90. The fourth-order valence-corrected chi connectivity index (χ4v) is 1.17. The lowest BCUT2D eigenvalue weighted by atomic mass is 10.1. The third kappa shape index (κ3) is 2.93. The Hall–Kier alpha value is -1.62. The molecule has 0 saturated carbocycles. The van der Waals surface area contributed by atoms with Gasteiger partial charge in [0.1, 0.15) is 5.69 Å². The standard InChI is InChI=1S/C11H17N3O2/c1-7(2)9(12)10(15)14-8-5-4-6-13-11(8)16-3/h4-7,9H,12H2,1-3H3,(H,14,15). The minimum atomic E-state index is -0.537. The van der Waals surface area contributed by atoms with Crippen molar-refractivity contribution in [2.45, 2.75) is 19.9 Å². The summed E-state index contributed by atoms with van der Waals surface area (Å²) >= 11 is 0. The number of pyridine rings is 1. The number of nitrogens with two attached hydrogens (primary N) is 1. The van der Waals surface area contributed by atoms with Crippen molar-refractivity contribution in [3.05, 3.63) is 18.3 Å². The molecule has 0 aliphatic carbocycles. The molecule has 16 heavy (non-hydrogen) atoms. The summed E-state index contributed by atoms with van der Waals surface area (Å²) in [5, 5.41) is 2.69. The molecule has 1 heterocycles. The Labute approximate surface area is 95.0 Å². The van der Waals surface area contributed by atoms with Crippen molar-refractivity contribution in [1.82, 2.24) is 4.98 Å². The Kier molecular flexibility index (Phi) is 4.25. The van der Waals surface area contributed by atoms with Crippen LogP contribution in [0.2, 0.25) is 0 Å². The van der Waals surface area contributed by atoms with Crippen LogP contribution in [0.1, 0.15) is 13.8 Å². The average Bonchev–Trinajstić information content (AvgIpc) is 2.28. The highest BCUT2D eigenvalue weighted by molar-refractivity contribution is 5.95. The molecule has 5 heteroatoms. The van der Waals surface area contributed by atoms with Crippen molar-refractivity contribution >= 4 is 11.6 Å². The Morgan fingerprint density at radius 3 is 2.81 bits per heavy atom. The van der Waals surface area contributed by atoms with Gasteiger partial charge in [-0.2, -0.15) is 0 Å².